The molecule has 0 radical (unpaired) electrons. The maximum absolute atomic E-state index is 11.9. The second kappa shape index (κ2) is 5.70. The number of nitrogens with zero attached hydrogens (tertiary/aromatic N) is 2. The molecule has 0 fully saturated rings. The molecule has 2 aromatic heterocycles. The van der Waals surface area contributed by atoms with Crippen LogP contribution >= 0.6 is 11.3 Å². The summed E-state index contributed by atoms with van der Waals surface area (Å²) >= 11 is 1.36. The molecule has 0 unspecified atom stereocenters. The minimum absolute atomic E-state index is 0.113. The first-order chi connectivity index (χ1) is 9.02. The SMILES string of the molecule is CCCCS(=O)(=O)Nc1ccsc1-c1nc(C)no1. The highest BCUT2D eigenvalue weighted by atomic mass is 32.2. The van der Waals surface area contributed by atoms with Gasteiger partial charge < -0.3 is 4.52 Å². The van der Waals surface area contributed by atoms with Gasteiger partial charge in [-0.3, -0.25) is 4.72 Å². The van der Waals surface area contributed by atoms with E-state index < -0.39 is 10.0 Å². The van der Waals surface area contributed by atoms with E-state index in [1.807, 2.05) is 6.92 Å². The fourth-order valence-corrected chi connectivity index (χ4v) is 3.61. The van der Waals surface area contributed by atoms with Gasteiger partial charge in [-0.1, -0.05) is 18.5 Å². The number of thiophene rings is 1. The number of aromatic nitrogens is 2. The Hall–Kier alpha value is -1.41. The summed E-state index contributed by atoms with van der Waals surface area (Å²) < 4.78 is 31.4. The van der Waals surface area contributed by atoms with Crippen molar-refractivity contribution in [2.75, 3.05) is 10.5 Å². The molecule has 2 rings (SSSR count). The van der Waals surface area contributed by atoms with E-state index >= 15 is 0 Å². The molecule has 1 N–H and O–H groups in total. The molecule has 0 saturated heterocycles. The quantitative estimate of drug-likeness (QED) is 0.886. The first-order valence-electron chi connectivity index (χ1n) is 5.90. The molecule has 0 atom stereocenters. The normalized spacial score (nSPS) is 11.7. The molecule has 0 amide bonds. The monoisotopic (exact) mass is 301 g/mol. The average molecular weight is 301 g/mol. The third kappa shape index (κ3) is 3.54. The zero-order chi connectivity index (χ0) is 13.9. The van der Waals surface area contributed by atoms with Crippen molar-refractivity contribution < 1.29 is 12.9 Å². The van der Waals surface area contributed by atoms with E-state index in [0.717, 1.165) is 6.42 Å². The summed E-state index contributed by atoms with van der Waals surface area (Å²) in [7, 11) is -3.32. The van der Waals surface area contributed by atoms with Gasteiger partial charge in [-0.05, 0) is 24.8 Å². The van der Waals surface area contributed by atoms with Crippen molar-refractivity contribution in [3.05, 3.63) is 17.3 Å². The molecule has 2 heterocycles. The van der Waals surface area contributed by atoms with Crippen LogP contribution in [0.1, 0.15) is 25.6 Å². The highest BCUT2D eigenvalue weighted by Crippen LogP contribution is 2.33. The molecule has 0 aliphatic rings. The summed E-state index contributed by atoms with van der Waals surface area (Å²) in [5.74, 6) is 0.964. The van der Waals surface area contributed by atoms with E-state index in [2.05, 4.69) is 14.9 Å². The Bertz CT molecular complexity index is 646. The second-order valence-corrected chi connectivity index (χ2v) is 6.84. The minimum atomic E-state index is -3.32. The van der Waals surface area contributed by atoms with Crippen molar-refractivity contribution in [3.8, 4) is 10.8 Å². The van der Waals surface area contributed by atoms with Crippen molar-refractivity contribution in [2.24, 2.45) is 0 Å². The Morgan fingerprint density at radius 3 is 2.89 bits per heavy atom. The number of rotatable bonds is 6. The summed E-state index contributed by atoms with van der Waals surface area (Å²) in [6.45, 7) is 3.67. The zero-order valence-electron chi connectivity index (χ0n) is 10.7. The van der Waals surface area contributed by atoms with Crippen LogP contribution in [0.15, 0.2) is 16.0 Å². The Morgan fingerprint density at radius 1 is 1.47 bits per heavy atom. The summed E-state index contributed by atoms with van der Waals surface area (Å²) in [6.07, 6.45) is 1.47. The second-order valence-electron chi connectivity index (χ2n) is 4.08. The number of nitrogens with one attached hydrogen (secondary N) is 1. The summed E-state index contributed by atoms with van der Waals surface area (Å²) in [4.78, 5) is 4.74. The number of unbranched alkanes of at least 4 members (excludes halogenated alkanes) is 1. The lowest BCUT2D eigenvalue weighted by Gasteiger charge is -2.06. The Kier molecular flexibility index (Phi) is 4.20. The highest BCUT2D eigenvalue weighted by molar-refractivity contribution is 7.92. The van der Waals surface area contributed by atoms with E-state index in [4.69, 9.17) is 4.52 Å². The molecule has 0 spiro atoms. The summed E-state index contributed by atoms with van der Waals surface area (Å²) in [5, 5.41) is 5.49. The number of hydrogen-bond donors (Lipinski definition) is 1. The lowest BCUT2D eigenvalue weighted by molar-refractivity contribution is 0.426. The number of sulfonamides is 1. The van der Waals surface area contributed by atoms with Crippen LogP contribution in [0.5, 0.6) is 0 Å². The molecular formula is C11H15N3O3S2. The van der Waals surface area contributed by atoms with Crippen molar-refractivity contribution >= 4 is 27.0 Å². The number of hydrogen-bond acceptors (Lipinski definition) is 6. The van der Waals surface area contributed by atoms with Crippen LogP contribution in [0.3, 0.4) is 0 Å². The van der Waals surface area contributed by atoms with Crippen molar-refractivity contribution in [1.82, 2.24) is 10.1 Å². The van der Waals surface area contributed by atoms with Gasteiger partial charge in [-0.15, -0.1) is 11.3 Å². The van der Waals surface area contributed by atoms with Gasteiger partial charge in [-0.2, -0.15) is 4.98 Å². The smallest absolute Gasteiger partial charge is 0.270 e. The molecule has 0 aliphatic carbocycles. The highest BCUT2D eigenvalue weighted by Gasteiger charge is 2.17. The molecule has 0 bridgehead atoms. The Balaban J connectivity index is 2.21. The van der Waals surface area contributed by atoms with Crippen molar-refractivity contribution in [3.63, 3.8) is 0 Å². The van der Waals surface area contributed by atoms with Crippen LogP contribution in [-0.4, -0.2) is 24.3 Å². The number of aryl methyl sites for hydroxylation is 1. The van der Waals surface area contributed by atoms with Crippen molar-refractivity contribution in [1.29, 1.82) is 0 Å². The lowest BCUT2D eigenvalue weighted by Crippen LogP contribution is -2.16. The largest absolute Gasteiger partial charge is 0.333 e. The maximum Gasteiger partial charge on any atom is 0.270 e. The van der Waals surface area contributed by atoms with E-state index in [0.29, 0.717) is 28.7 Å². The Labute approximate surface area is 115 Å². The van der Waals surface area contributed by atoms with Gasteiger partial charge in [0.2, 0.25) is 10.0 Å². The van der Waals surface area contributed by atoms with Gasteiger partial charge in [0.1, 0.15) is 4.88 Å². The molecule has 0 aliphatic heterocycles. The average Bonchev–Trinajstić information content (AvgIpc) is 2.95. The van der Waals surface area contributed by atoms with E-state index in [1.165, 1.54) is 11.3 Å². The third-order valence-corrected chi connectivity index (χ3v) is 4.68. The topological polar surface area (TPSA) is 85.1 Å². The van der Waals surface area contributed by atoms with Gasteiger partial charge in [-0.25, -0.2) is 8.42 Å². The van der Waals surface area contributed by atoms with Crippen molar-refractivity contribution in [2.45, 2.75) is 26.7 Å². The molecular weight excluding hydrogens is 286 g/mol. The molecule has 0 aromatic carbocycles. The fourth-order valence-electron chi connectivity index (χ4n) is 1.50. The van der Waals surface area contributed by atoms with Gasteiger partial charge in [0.05, 0.1) is 11.4 Å². The third-order valence-electron chi connectivity index (χ3n) is 2.42. The number of anilines is 1. The van der Waals surface area contributed by atoms with Gasteiger partial charge >= 0.3 is 0 Å². The van der Waals surface area contributed by atoms with Crippen LogP contribution < -0.4 is 4.72 Å². The first kappa shape index (κ1) is 14.0. The molecule has 0 saturated carbocycles. The lowest BCUT2D eigenvalue weighted by atomic mass is 10.4. The maximum atomic E-state index is 11.9. The molecule has 104 valence electrons. The van der Waals surface area contributed by atoms with E-state index in [9.17, 15) is 8.42 Å². The Morgan fingerprint density at radius 2 is 2.26 bits per heavy atom. The standard InChI is InChI=1S/C11H15N3O3S2/c1-3-4-7-19(15,16)14-9-5-6-18-10(9)11-12-8(2)13-17-11/h5-6,14H,3-4,7H2,1-2H3. The van der Waals surface area contributed by atoms with Gasteiger partial charge in [0, 0.05) is 0 Å². The summed E-state index contributed by atoms with van der Waals surface area (Å²) in [6, 6.07) is 1.70. The van der Waals surface area contributed by atoms with E-state index in [1.54, 1.807) is 18.4 Å². The van der Waals surface area contributed by atoms with E-state index in [-0.39, 0.29) is 5.75 Å². The zero-order valence-corrected chi connectivity index (χ0v) is 12.3. The molecule has 6 nitrogen and oxygen atoms in total. The minimum Gasteiger partial charge on any atom is -0.333 e. The fraction of sp³-hybridized carbons (Fsp3) is 0.455. The summed E-state index contributed by atoms with van der Waals surface area (Å²) in [5.41, 5.74) is 0.491. The van der Waals surface area contributed by atoms with Crippen LogP contribution in [0.25, 0.3) is 10.8 Å². The molecule has 8 heteroatoms. The first-order valence-corrected chi connectivity index (χ1v) is 8.43. The van der Waals surface area contributed by atoms with Crippen LogP contribution in [0.2, 0.25) is 0 Å². The predicted octanol–water partition coefficient (Wildman–Crippen LogP) is 2.65. The van der Waals surface area contributed by atoms with Crippen LogP contribution in [0, 0.1) is 6.92 Å². The van der Waals surface area contributed by atoms with Crippen LogP contribution in [0.4, 0.5) is 5.69 Å². The predicted molar refractivity (Wildman–Crippen MR) is 74.7 cm³/mol. The molecule has 2 aromatic rings. The van der Waals surface area contributed by atoms with Gasteiger partial charge in [0.15, 0.2) is 5.82 Å². The molecule has 19 heavy (non-hydrogen) atoms. The van der Waals surface area contributed by atoms with Gasteiger partial charge in [0.25, 0.3) is 5.89 Å². The van der Waals surface area contributed by atoms with Crippen LogP contribution in [-0.2, 0) is 10.0 Å².